The molecule has 0 bridgehead atoms. The summed E-state index contributed by atoms with van der Waals surface area (Å²) in [6.07, 6.45) is 5.42. The Morgan fingerprint density at radius 3 is 2.76 bits per heavy atom. The molecule has 21 heavy (non-hydrogen) atoms. The van der Waals surface area contributed by atoms with E-state index < -0.39 is 0 Å². The normalized spacial score (nSPS) is 10.5. The minimum atomic E-state index is 0.400. The second-order valence-corrected chi connectivity index (χ2v) is 4.35. The van der Waals surface area contributed by atoms with Gasteiger partial charge in [0.05, 0.1) is 6.20 Å². The number of fused-ring (bicyclic) bond motifs is 1. The van der Waals surface area contributed by atoms with Gasteiger partial charge >= 0.3 is 0 Å². The highest BCUT2D eigenvalue weighted by Crippen LogP contribution is 2.18. The van der Waals surface area contributed by atoms with Crippen LogP contribution in [-0.4, -0.2) is 34.6 Å². The van der Waals surface area contributed by atoms with Gasteiger partial charge in [-0.15, -0.1) is 0 Å². The molecule has 0 saturated heterocycles. The third-order valence-electron chi connectivity index (χ3n) is 2.93. The smallest absolute Gasteiger partial charge is 0.260 e. The van der Waals surface area contributed by atoms with Crippen LogP contribution in [0.25, 0.3) is 5.65 Å². The third-order valence-corrected chi connectivity index (χ3v) is 2.93. The van der Waals surface area contributed by atoms with Crippen molar-refractivity contribution in [2.24, 2.45) is 0 Å². The van der Waals surface area contributed by atoms with E-state index in [0.717, 1.165) is 11.6 Å². The maximum Gasteiger partial charge on any atom is 0.260 e. The SMILES string of the molecule is CNc1cn2ccnc2c(OCCOc2ccccc2)n1. The Morgan fingerprint density at radius 2 is 1.95 bits per heavy atom. The molecule has 1 N–H and O–H groups in total. The first-order chi connectivity index (χ1) is 10.4. The van der Waals surface area contributed by atoms with Crippen LogP contribution in [0.3, 0.4) is 0 Å². The Kier molecular flexibility index (Phi) is 3.86. The number of imidazole rings is 1. The predicted octanol–water partition coefficient (Wildman–Crippen LogP) is 2.23. The fourth-order valence-corrected chi connectivity index (χ4v) is 1.93. The molecular weight excluding hydrogens is 268 g/mol. The zero-order chi connectivity index (χ0) is 14.5. The lowest BCUT2D eigenvalue weighted by atomic mass is 10.3. The number of rotatable bonds is 6. The number of hydrogen-bond acceptors (Lipinski definition) is 5. The number of ether oxygens (including phenoxy) is 2. The second kappa shape index (κ2) is 6.13. The van der Waals surface area contributed by atoms with Crippen LogP contribution in [0.1, 0.15) is 0 Å². The Morgan fingerprint density at radius 1 is 1.14 bits per heavy atom. The summed E-state index contributed by atoms with van der Waals surface area (Å²) in [4.78, 5) is 8.60. The Bertz CT molecular complexity index is 712. The first kappa shape index (κ1) is 13.2. The summed E-state index contributed by atoms with van der Waals surface area (Å²) in [5.74, 6) is 2.03. The Labute approximate surface area is 122 Å². The van der Waals surface area contributed by atoms with Crippen molar-refractivity contribution in [3.63, 3.8) is 0 Å². The van der Waals surface area contributed by atoms with E-state index in [1.54, 1.807) is 6.20 Å². The first-order valence-electron chi connectivity index (χ1n) is 6.69. The molecule has 108 valence electrons. The lowest BCUT2D eigenvalue weighted by molar-refractivity contribution is 0.213. The van der Waals surface area contributed by atoms with Crippen molar-refractivity contribution in [1.82, 2.24) is 14.4 Å². The lowest BCUT2D eigenvalue weighted by Gasteiger charge is -2.09. The second-order valence-electron chi connectivity index (χ2n) is 4.35. The van der Waals surface area contributed by atoms with Gasteiger partial charge in [0.1, 0.15) is 24.8 Å². The molecule has 0 aliphatic carbocycles. The molecule has 0 aliphatic heterocycles. The van der Waals surface area contributed by atoms with Crippen molar-refractivity contribution < 1.29 is 9.47 Å². The lowest BCUT2D eigenvalue weighted by Crippen LogP contribution is -2.11. The summed E-state index contributed by atoms with van der Waals surface area (Å²) in [5.41, 5.74) is 0.689. The van der Waals surface area contributed by atoms with Crippen LogP contribution in [0.2, 0.25) is 0 Å². The largest absolute Gasteiger partial charge is 0.490 e. The van der Waals surface area contributed by atoms with Crippen LogP contribution in [0, 0.1) is 0 Å². The predicted molar refractivity (Wildman–Crippen MR) is 80.0 cm³/mol. The van der Waals surface area contributed by atoms with Crippen molar-refractivity contribution >= 4 is 11.5 Å². The average molecular weight is 284 g/mol. The zero-order valence-electron chi connectivity index (χ0n) is 11.7. The number of aromatic nitrogens is 3. The Hall–Kier alpha value is -2.76. The van der Waals surface area contributed by atoms with E-state index in [2.05, 4.69) is 15.3 Å². The van der Waals surface area contributed by atoms with E-state index in [9.17, 15) is 0 Å². The number of anilines is 1. The van der Waals surface area contributed by atoms with Gasteiger partial charge in [-0.3, -0.25) is 4.40 Å². The molecule has 0 unspecified atom stereocenters. The van der Waals surface area contributed by atoms with E-state index in [-0.39, 0.29) is 0 Å². The number of hydrogen-bond donors (Lipinski definition) is 1. The van der Waals surface area contributed by atoms with Crippen LogP contribution in [-0.2, 0) is 0 Å². The highest BCUT2D eigenvalue weighted by atomic mass is 16.5. The zero-order valence-corrected chi connectivity index (χ0v) is 11.7. The first-order valence-corrected chi connectivity index (χ1v) is 6.69. The molecule has 0 fully saturated rings. The highest BCUT2D eigenvalue weighted by molar-refractivity contribution is 5.53. The quantitative estimate of drug-likeness (QED) is 0.703. The topological polar surface area (TPSA) is 60.7 Å². The minimum absolute atomic E-state index is 0.400. The molecule has 2 aromatic heterocycles. The van der Waals surface area contributed by atoms with Crippen molar-refractivity contribution in [3.8, 4) is 11.6 Å². The molecule has 0 amide bonds. The van der Waals surface area contributed by atoms with E-state index in [0.29, 0.717) is 24.7 Å². The molecule has 6 heteroatoms. The van der Waals surface area contributed by atoms with Gasteiger partial charge in [-0.25, -0.2) is 4.98 Å². The maximum atomic E-state index is 5.68. The summed E-state index contributed by atoms with van der Waals surface area (Å²) >= 11 is 0. The molecule has 2 heterocycles. The highest BCUT2D eigenvalue weighted by Gasteiger charge is 2.08. The standard InChI is InChI=1S/C15H16N4O2/c1-16-13-11-19-8-7-17-14(19)15(18-13)21-10-9-20-12-5-3-2-4-6-12/h2-8,11,16H,9-10H2,1H3. The summed E-state index contributed by atoms with van der Waals surface area (Å²) in [5, 5.41) is 2.99. The molecule has 0 spiro atoms. The van der Waals surface area contributed by atoms with Crippen LogP contribution < -0.4 is 14.8 Å². The number of nitrogens with zero attached hydrogens (tertiary/aromatic N) is 3. The summed E-state index contributed by atoms with van der Waals surface area (Å²) in [7, 11) is 1.81. The molecule has 0 aliphatic rings. The average Bonchev–Trinajstić information content (AvgIpc) is 3.00. The van der Waals surface area contributed by atoms with E-state index >= 15 is 0 Å². The number of benzene rings is 1. The van der Waals surface area contributed by atoms with Crippen molar-refractivity contribution in [3.05, 3.63) is 48.9 Å². The number of nitrogens with one attached hydrogen (secondary N) is 1. The fourth-order valence-electron chi connectivity index (χ4n) is 1.93. The van der Waals surface area contributed by atoms with Crippen molar-refractivity contribution in [1.29, 1.82) is 0 Å². The van der Waals surface area contributed by atoms with Crippen LogP contribution >= 0.6 is 0 Å². The Balaban J connectivity index is 1.63. The van der Waals surface area contributed by atoms with Gasteiger partial charge in [0.25, 0.3) is 5.88 Å². The monoisotopic (exact) mass is 284 g/mol. The van der Waals surface area contributed by atoms with E-state index in [4.69, 9.17) is 9.47 Å². The molecule has 0 saturated carbocycles. The molecule has 3 rings (SSSR count). The summed E-state index contributed by atoms with van der Waals surface area (Å²) < 4.78 is 13.1. The van der Waals surface area contributed by atoms with Gasteiger partial charge in [0.15, 0.2) is 0 Å². The molecule has 6 nitrogen and oxygen atoms in total. The van der Waals surface area contributed by atoms with E-state index in [1.165, 1.54) is 0 Å². The van der Waals surface area contributed by atoms with E-state index in [1.807, 2.05) is 54.2 Å². The van der Waals surface area contributed by atoms with Gasteiger partial charge in [-0.05, 0) is 12.1 Å². The van der Waals surface area contributed by atoms with Crippen LogP contribution in [0.4, 0.5) is 5.82 Å². The van der Waals surface area contributed by atoms with Gasteiger partial charge in [0.2, 0.25) is 5.65 Å². The van der Waals surface area contributed by atoms with Crippen LogP contribution in [0.5, 0.6) is 11.6 Å². The molecule has 1 aromatic carbocycles. The maximum absolute atomic E-state index is 5.68. The van der Waals surface area contributed by atoms with Crippen molar-refractivity contribution in [2.45, 2.75) is 0 Å². The van der Waals surface area contributed by atoms with Gasteiger partial charge in [0, 0.05) is 19.4 Å². The number of para-hydroxylation sites is 1. The van der Waals surface area contributed by atoms with Gasteiger partial charge < -0.3 is 14.8 Å². The molecule has 3 aromatic rings. The third kappa shape index (κ3) is 3.05. The summed E-state index contributed by atoms with van der Waals surface area (Å²) in [6, 6.07) is 9.63. The molecule has 0 atom stereocenters. The fraction of sp³-hybridized carbons (Fsp3) is 0.200. The molecule has 0 radical (unpaired) electrons. The van der Waals surface area contributed by atoms with Gasteiger partial charge in [-0.1, -0.05) is 18.2 Å². The molecular formula is C15H16N4O2. The van der Waals surface area contributed by atoms with Gasteiger partial charge in [-0.2, -0.15) is 4.98 Å². The van der Waals surface area contributed by atoms with Crippen molar-refractivity contribution in [2.75, 3.05) is 25.6 Å². The van der Waals surface area contributed by atoms with Crippen LogP contribution in [0.15, 0.2) is 48.9 Å². The summed E-state index contributed by atoms with van der Waals surface area (Å²) in [6.45, 7) is 0.847. The minimum Gasteiger partial charge on any atom is -0.490 e.